The van der Waals surface area contributed by atoms with Crippen molar-refractivity contribution in [3.8, 4) is 6.07 Å². The Hall–Kier alpha value is -1.61. The minimum Gasteiger partial charge on any atom is -0.396 e. The van der Waals surface area contributed by atoms with Crippen LogP contribution in [0.5, 0.6) is 0 Å². The van der Waals surface area contributed by atoms with Gasteiger partial charge in [0.15, 0.2) is 9.84 Å². The fourth-order valence-electron chi connectivity index (χ4n) is 1.87. The number of aromatic nitrogens is 1. The highest BCUT2D eigenvalue weighted by atomic mass is 32.2. The first kappa shape index (κ1) is 11.9. The van der Waals surface area contributed by atoms with Crippen molar-refractivity contribution in [1.29, 1.82) is 5.26 Å². The van der Waals surface area contributed by atoms with E-state index in [0.29, 0.717) is 0 Å². The van der Waals surface area contributed by atoms with E-state index in [1.54, 1.807) is 0 Å². The van der Waals surface area contributed by atoms with Gasteiger partial charge in [-0.1, -0.05) is 0 Å². The second-order valence-electron chi connectivity index (χ2n) is 4.51. The molecule has 1 aliphatic carbocycles. The molecule has 90 valence electrons. The molecule has 1 fully saturated rings. The summed E-state index contributed by atoms with van der Waals surface area (Å²) in [6.45, 7) is 0. The summed E-state index contributed by atoms with van der Waals surface area (Å²) in [5.41, 5.74) is 5.44. The number of hydrogen-bond acceptors (Lipinski definition) is 5. The van der Waals surface area contributed by atoms with Gasteiger partial charge in [-0.15, -0.1) is 0 Å². The molecule has 1 heterocycles. The molecule has 2 N–H and O–H groups in total. The lowest BCUT2D eigenvalue weighted by molar-refractivity contribution is 0.548. The SMILES string of the molecule is N#CCC1(CS(=O)(=O)c2ccncc2N)CC1. The Morgan fingerprint density at radius 3 is 2.76 bits per heavy atom. The van der Waals surface area contributed by atoms with E-state index >= 15 is 0 Å². The van der Waals surface area contributed by atoms with Crippen molar-refractivity contribution in [3.05, 3.63) is 18.5 Å². The number of hydrogen-bond donors (Lipinski definition) is 1. The van der Waals surface area contributed by atoms with Gasteiger partial charge in [-0.2, -0.15) is 5.26 Å². The molecule has 1 aliphatic rings. The lowest BCUT2D eigenvalue weighted by Crippen LogP contribution is -2.18. The molecule has 0 amide bonds. The molecule has 1 aromatic heterocycles. The topological polar surface area (TPSA) is 96.8 Å². The van der Waals surface area contributed by atoms with Crippen molar-refractivity contribution in [2.24, 2.45) is 5.41 Å². The molecule has 2 rings (SSSR count). The number of anilines is 1. The van der Waals surface area contributed by atoms with Crippen molar-refractivity contribution >= 4 is 15.5 Å². The summed E-state index contributed by atoms with van der Waals surface area (Å²) in [5.74, 6) is 0.00176. The van der Waals surface area contributed by atoms with Crippen LogP contribution in [0.2, 0.25) is 0 Å². The van der Waals surface area contributed by atoms with E-state index < -0.39 is 9.84 Å². The standard InChI is InChI=1S/C11H13N3O2S/c12-5-4-11(2-3-11)8-17(15,16)10-1-6-14-7-9(10)13/h1,6-7H,2-4,8,13H2. The van der Waals surface area contributed by atoms with Crippen LogP contribution in [-0.4, -0.2) is 19.2 Å². The molecular weight excluding hydrogens is 238 g/mol. The summed E-state index contributed by atoms with van der Waals surface area (Å²) in [4.78, 5) is 3.89. The van der Waals surface area contributed by atoms with Crippen LogP contribution in [0.3, 0.4) is 0 Å². The summed E-state index contributed by atoms with van der Waals surface area (Å²) in [7, 11) is -3.42. The minimum absolute atomic E-state index is 0.00176. The van der Waals surface area contributed by atoms with Crippen LogP contribution in [0, 0.1) is 16.7 Å². The predicted molar refractivity (Wildman–Crippen MR) is 62.6 cm³/mol. The van der Waals surface area contributed by atoms with Crippen molar-refractivity contribution < 1.29 is 8.42 Å². The van der Waals surface area contributed by atoms with E-state index in [1.807, 2.05) is 0 Å². The zero-order valence-corrected chi connectivity index (χ0v) is 10.1. The van der Waals surface area contributed by atoms with Gasteiger partial charge in [-0.05, 0) is 24.3 Å². The van der Waals surface area contributed by atoms with E-state index in [-0.39, 0.29) is 28.2 Å². The fraction of sp³-hybridized carbons (Fsp3) is 0.455. The van der Waals surface area contributed by atoms with Crippen LogP contribution in [-0.2, 0) is 9.84 Å². The molecule has 0 radical (unpaired) electrons. The maximum absolute atomic E-state index is 12.2. The molecule has 0 aliphatic heterocycles. The summed E-state index contributed by atoms with van der Waals surface area (Å²) < 4.78 is 24.3. The van der Waals surface area contributed by atoms with Crippen LogP contribution >= 0.6 is 0 Å². The normalized spacial score (nSPS) is 17.4. The van der Waals surface area contributed by atoms with E-state index in [1.165, 1.54) is 18.5 Å². The molecule has 5 nitrogen and oxygen atoms in total. The quantitative estimate of drug-likeness (QED) is 0.865. The number of nitrogens with two attached hydrogens (primary N) is 1. The van der Waals surface area contributed by atoms with Gasteiger partial charge in [-0.3, -0.25) is 4.98 Å². The number of nitrogen functional groups attached to an aromatic ring is 1. The average molecular weight is 251 g/mol. The van der Waals surface area contributed by atoms with E-state index in [9.17, 15) is 8.42 Å². The number of sulfone groups is 1. The van der Waals surface area contributed by atoms with Gasteiger partial charge < -0.3 is 5.73 Å². The van der Waals surface area contributed by atoms with Gasteiger partial charge in [0.2, 0.25) is 0 Å². The molecule has 1 aromatic rings. The molecule has 1 saturated carbocycles. The molecule has 0 unspecified atom stereocenters. The summed E-state index contributed by atoms with van der Waals surface area (Å²) in [6, 6.07) is 3.46. The Balaban J connectivity index is 2.27. The zero-order chi connectivity index (χ0) is 12.5. The number of rotatable bonds is 4. The van der Waals surface area contributed by atoms with Crippen molar-refractivity contribution in [3.63, 3.8) is 0 Å². The molecule has 0 bridgehead atoms. The molecule has 0 saturated heterocycles. The largest absolute Gasteiger partial charge is 0.396 e. The maximum atomic E-state index is 12.2. The Morgan fingerprint density at radius 2 is 2.24 bits per heavy atom. The predicted octanol–water partition coefficient (Wildman–Crippen LogP) is 1.13. The number of nitrogens with zero attached hydrogens (tertiary/aromatic N) is 2. The van der Waals surface area contributed by atoms with Crippen LogP contribution in [0.15, 0.2) is 23.4 Å². The molecule has 0 aromatic carbocycles. The van der Waals surface area contributed by atoms with Crippen molar-refractivity contribution in [2.45, 2.75) is 24.2 Å². The zero-order valence-electron chi connectivity index (χ0n) is 9.26. The van der Waals surface area contributed by atoms with Gasteiger partial charge in [0.25, 0.3) is 0 Å². The fourth-order valence-corrected chi connectivity index (χ4v) is 3.91. The third-order valence-corrected chi connectivity index (χ3v) is 5.09. The van der Waals surface area contributed by atoms with E-state index in [4.69, 9.17) is 11.0 Å². The highest BCUT2D eigenvalue weighted by Gasteiger charge is 2.46. The number of pyridine rings is 1. The van der Waals surface area contributed by atoms with Crippen molar-refractivity contribution in [1.82, 2.24) is 4.98 Å². The second kappa shape index (κ2) is 4.00. The monoisotopic (exact) mass is 251 g/mol. The Labute approximate surface area is 100 Å². The first-order valence-electron chi connectivity index (χ1n) is 5.28. The van der Waals surface area contributed by atoms with Gasteiger partial charge in [0.05, 0.1) is 28.6 Å². The summed E-state index contributed by atoms with van der Waals surface area (Å²) in [6.07, 6.45) is 4.62. The molecular formula is C11H13N3O2S. The molecule has 0 atom stereocenters. The summed E-state index contributed by atoms with van der Waals surface area (Å²) >= 11 is 0. The average Bonchev–Trinajstić information content (AvgIpc) is 2.97. The van der Waals surface area contributed by atoms with Crippen LogP contribution in [0.1, 0.15) is 19.3 Å². The minimum atomic E-state index is -3.42. The molecule has 0 spiro atoms. The van der Waals surface area contributed by atoms with E-state index in [0.717, 1.165) is 12.8 Å². The summed E-state index contributed by atoms with van der Waals surface area (Å²) in [5, 5.41) is 8.68. The van der Waals surface area contributed by atoms with Gasteiger partial charge in [0, 0.05) is 12.6 Å². The lowest BCUT2D eigenvalue weighted by atomic mass is 10.1. The van der Waals surface area contributed by atoms with Crippen LogP contribution in [0.25, 0.3) is 0 Å². The Morgan fingerprint density at radius 1 is 1.53 bits per heavy atom. The third kappa shape index (κ3) is 2.39. The molecule has 6 heteroatoms. The smallest absolute Gasteiger partial charge is 0.181 e. The van der Waals surface area contributed by atoms with Gasteiger partial charge >= 0.3 is 0 Å². The lowest BCUT2D eigenvalue weighted by Gasteiger charge is -2.12. The first-order valence-corrected chi connectivity index (χ1v) is 6.94. The first-order chi connectivity index (χ1) is 7.99. The third-order valence-electron chi connectivity index (χ3n) is 3.05. The van der Waals surface area contributed by atoms with E-state index in [2.05, 4.69) is 11.1 Å². The Kier molecular flexibility index (Phi) is 2.79. The van der Waals surface area contributed by atoms with Gasteiger partial charge in [0.1, 0.15) is 0 Å². The Bertz CT molecular complexity index is 571. The van der Waals surface area contributed by atoms with Crippen molar-refractivity contribution in [2.75, 3.05) is 11.5 Å². The number of nitriles is 1. The van der Waals surface area contributed by atoms with Crippen LogP contribution < -0.4 is 5.73 Å². The molecule has 17 heavy (non-hydrogen) atoms. The highest BCUT2D eigenvalue weighted by molar-refractivity contribution is 7.91. The maximum Gasteiger partial charge on any atom is 0.181 e. The highest BCUT2D eigenvalue weighted by Crippen LogP contribution is 2.50. The second-order valence-corrected chi connectivity index (χ2v) is 6.47. The van der Waals surface area contributed by atoms with Gasteiger partial charge in [-0.25, -0.2) is 8.42 Å². The van der Waals surface area contributed by atoms with Crippen LogP contribution in [0.4, 0.5) is 5.69 Å².